The second-order valence-electron chi connectivity index (χ2n) is 2.82. The molecule has 15 heavy (non-hydrogen) atoms. The Labute approximate surface area is 86.4 Å². The molecule has 78 valence electrons. The third-order valence-electron chi connectivity index (χ3n) is 1.62. The van der Waals surface area contributed by atoms with Crippen LogP contribution in [0, 0.1) is 0 Å². The lowest BCUT2D eigenvalue weighted by molar-refractivity contribution is -0.118. The zero-order chi connectivity index (χ0) is 11.3. The normalized spacial score (nSPS) is 10.2. The van der Waals surface area contributed by atoms with Gasteiger partial charge < -0.3 is 5.11 Å². The molecule has 0 aliphatic rings. The predicted octanol–water partition coefficient (Wildman–Crippen LogP) is 0.855. The molecule has 0 unspecified atom stereocenters. The molecular formula is C10H10N2O3. The van der Waals surface area contributed by atoms with E-state index in [-0.39, 0.29) is 11.5 Å². The third kappa shape index (κ3) is 3.22. The molecule has 0 saturated carbocycles. The summed E-state index contributed by atoms with van der Waals surface area (Å²) in [5.74, 6) is -1.33. The zero-order valence-corrected chi connectivity index (χ0v) is 8.10. The standard InChI is InChI=1S/C10H10N2O3/c1-7(13)12-11-6-8-4-2-3-5-9(8)10(14)15/h2-6H,1H3,(H,12,13)(H,14,15)/b11-6-. The van der Waals surface area contributed by atoms with Gasteiger partial charge in [-0.3, -0.25) is 4.79 Å². The number of carbonyl (C=O) groups is 2. The Morgan fingerprint density at radius 1 is 1.40 bits per heavy atom. The van der Waals surface area contributed by atoms with Crippen molar-refractivity contribution in [2.75, 3.05) is 0 Å². The highest BCUT2D eigenvalue weighted by molar-refractivity contribution is 5.98. The number of carboxylic acids is 1. The fourth-order valence-corrected chi connectivity index (χ4v) is 0.997. The van der Waals surface area contributed by atoms with Gasteiger partial charge in [0, 0.05) is 12.5 Å². The average Bonchev–Trinajstić information content (AvgIpc) is 2.17. The van der Waals surface area contributed by atoms with Crippen LogP contribution in [0.3, 0.4) is 0 Å². The van der Waals surface area contributed by atoms with Crippen LogP contribution in [-0.2, 0) is 4.79 Å². The summed E-state index contributed by atoms with van der Waals surface area (Å²) in [6, 6.07) is 6.40. The summed E-state index contributed by atoms with van der Waals surface area (Å²) >= 11 is 0. The lowest BCUT2D eigenvalue weighted by Crippen LogP contribution is -2.12. The molecule has 0 heterocycles. The molecule has 0 saturated heterocycles. The van der Waals surface area contributed by atoms with E-state index in [1.807, 2.05) is 0 Å². The highest BCUT2D eigenvalue weighted by Crippen LogP contribution is 2.05. The molecular weight excluding hydrogens is 196 g/mol. The van der Waals surface area contributed by atoms with Crippen LogP contribution in [0.4, 0.5) is 0 Å². The Morgan fingerprint density at radius 2 is 2.07 bits per heavy atom. The van der Waals surface area contributed by atoms with Gasteiger partial charge in [0.05, 0.1) is 11.8 Å². The van der Waals surface area contributed by atoms with E-state index in [9.17, 15) is 9.59 Å². The van der Waals surface area contributed by atoms with Crippen molar-refractivity contribution in [2.24, 2.45) is 5.10 Å². The van der Waals surface area contributed by atoms with Gasteiger partial charge in [0.2, 0.25) is 5.91 Å². The molecule has 0 aromatic heterocycles. The minimum absolute atomic E-state index is 0.145. The number of hydrogen-bond donors (Lipinski definition) is 2. The Bertz CT molecular complexity index is 413. The van der Waals surface area contributed by atoms with Gasteiger partial charge in [-0.05, 0) is 6.07 Å². The van der Waals surface area contributed by atoms with E-state index in [0.717, 1.165) is 0 Å². The van der Waals surface area contributed by atoms with Crippen molar-refractivity contribution in [3.8, 4) is 0 Å². The van der Waals surface area contributed by atoms with Crippen molar-refractivity contribution in [3.63, 3.8) is 0 Å². The van der Waals surface area contributed by atoms with Crippen LogP contribution in [-0.4, -0.2) is 23.2 Å². The van der Waals surface area contributed by atoms with E-state index in [1.54, 1.807) is 18.2 Å². The SMILES string of the molecule is CC(=O)N/N=C\c1ccccc1C(=O)O. The maximum atomic E-state index is 10.8. The molecule has 1 amide bonds. The van der Waals surface area contributed by atoms with Crippen LogP contribution in [0.5, 0.6) is 0 Å². The fourth-order valence-electron chi connectivity index (χ4n) is 0.997. The predicted molar refractivity (Wildman–Crippen MR) is 54.8 cm³/mol. The van der Waals surface area contributed by atoms with Crippen LogP contribution in [0.2, 0.25) is 0 Å². The maximum absolute atomic E-state index is 10.8. The number of hydrazone groups is 1. The number of nitrogens with one attached hydrogen (secondary N) is 1. The van der Waals surface area contributed by atoms with Gasteiger partial charge in [0.15, 0.2) is 0 Å². The lowest BCUT2D eigenvalue weighted by Gasteiger charge is -1.99. The van der Waals surface area contributed by atoms with E-state index >= 15 is 0 Å². The van der Waals surface area contributed by atoms with Crippen molar-refractivity contribution in [1.82, 2.24) is 5.43 Å². The smallest absolute Gasteiger partial charge is 0.336 e. The largest absolute Gasteiger partial charge is 0.478 e. The number of benzene rings is 1. The number of carboxylic acid groups (broad SMARTS) is 1. The molecule has 2 N–H and O–H groups in total. The molecule has 0 fully saturated rings. The molecule has 0 radical (unpaired) electrons. The van der Waals surface area contributed by atoms with Crippen LogP contribution < -0.4 is 5.43 Å². The third-order valence-corrected chi connectivity index (χ3v) is 1.62. The van der Waals surface area contributed by atoms with E-state index < -0.39 is 5.97 Å². The van der Waals surface area contributed by atoms with Crippen molar-refractivity contribution >= 4 is 18.1 Å². The highest BCUT2D eigenvalue weighted by atomic mass is 16.4. The van der Waals surface area contributed by atoms with E-state index in [2.05, 4.69) is 10.5 Å². The van der Waals surface area contributed by atoms with E-state index in [1.165, 1.54) is 19.2 Å². The number of hydrogen-bond acceptors (Lipinski definition) is 3. The number of rotatable bonds is 3. The van der Waals surface area contributed by atoms with E-state index in [0.29, 0.717) is 5.56 Å². The molecule has 1 aromatic carbocycles. The molecule has 0 aliphatic heterocycles. The number of carbonyl (C=O) groups excluding carboxylic acids is 1. The first kappa shape index (κ1) is 10.9. The van der Waals surface area contributed by atoms with E-state index in [4.69, 9.17) is 5.11 Å². The van der Waals surface area contributed by atoms with Gasteiger partial charge in [0.1, 0.15) is 0 Å². The van der Waals surface area contributed by atoms with Crippen molar-refractivity contribution in [1.29, 1.82) is 0 Å². The Kier molecular flexibility index (Phi) is 3.56. The quantitative estimate of drug-likeness (QED) is 0.568. The van der Waals surface area contributed by atoms with Crippen molar-refractivity contribution in [3.05, 3.63) is 35.4 Å². The van der Waals surface area contributed by atoms with Crippen molar-refractivity contribution < 1.29 is 14.7 Å². The van der Waals surface area contributed by atoms with Gasteiger partial charge in [-0.2, -0.15) is 5.10 Å². The molecule has 0 bridgehead atoms. The van der Waals surface area contributed by atoms with Gasteiger partial charge >= 0.3 is 5.97 Å². The van der Waals surface area contributed by atoms with Crippen molar-refractivity contribution in [2.45, 2.75) is 6.92 Å². The van der Waals surface area contributed by atoms with Gasteiger partial charge in [-0.25, -0.2) is 10.2 Å². The lowest BCUT2D eigenvalue weighted by atomic mass is 10.1. The van der Waals surface area contributed by atoms with Gasteiger partial charge in [-0.15, -0.1) is 0 Å². The molecule has 0 atom stereocenters. The maximum Gasteiger partial charge on any atom is 0.336 e. The second kappa shape index (κ2) is 4.90. The van der Waals surface area contributed by atoms with Crippen LogP contribution in [0.1, 0.15) is 22.8 Å². The first-order chi connectivity index (χ1) is 7.11. The second-order valence-corrected chi connectivity index (χ2v) is 2.82. The molecule has 0 spiro atoms. The number of nitrogens with zero attached hydrogens (tertiary/aromatic N) is 1. The van der Waals surface area contributed by atoms with Gasteiger partial charge in [-0.1, -0.05) is 18.2 Å². The van der Waals surface area contributed by atoms with Crippen LogP contribution >= 0.6 is 0 Å². The van der Waals surface area contributed by atoms with Crippen LogP contribution in [0.25, 0.3) is 0 Å². The van der Waals surface area contributed by atoms with Crippen LogP contribution in [0.15, 0.2) is 29.4 Å². The first-order valence-corrected chi connectivity index (χ1v) is 4.23. The highest BCUT2D eigenvalue weighted by Gasteiger charge is 2.06. The molecule has 5 heteroatoms. The summed E-state index contributed by atoms with van der Waals surface area (Å²) in [5.41, 5.74) is 2.79. The number of aromatic carboxylic acids is 1. The minimum Gasteiger partial charge on any atom is -0.478 e. The van der Waals surface area contributed by atoms with Gasteiger partial charge in [0.25, 0.3) is 0 Å². The Hall–Kier alpha value is -2.17. The Balaban J connectivity index is 2.89. The molecule has 0 aliphatic carbocycles. The summed E-state index contributed by atoms with van der Waals surface area (Å²) in [6.07, 6.45) is 1.30. The molecule has 5 nitrogen and oxygen atoms in total. The molecule has 1 rings (SSSR count). The minimum atomic E-state index is -1.03. The number of amides is 1. The summed E-state index contributed by atoms with van der Waals surface area (Å²) in [7, 11) is 0. The monoisotopic (exact) mass is 206 g/mol. The first-order valence-electron chi connectivity index (χ1n) is 4.23. The Morgan fingerprint density at radius 3 is 2.67 bits per heavy atom. The zero-order valence-electron chi connectivity index (χ0n) is 8.10. The topological polar surface area (TPSA) is 78.8 Å². The summed E-state index contributed by atoms with van der Waals surface area (Å²) in [5, 5.41) is 12.4. The summed E-state index contributed by atoms with van der Waals surface area (Å²) < 4.78 is 0. The summed E-state index contributed by atoms with van der Waals surface area (Å²) in [6.45, 7) is 1.32. The summed E-state index contributed by atoms with van der Waals surface area (Å²) in [4.78, 5) is 21.3. The molecule has 1 aromatic rings. The fraction of sp³-hybridized carbons (Fsp3) is 0.100. The average molecular weight is 206 g/mol.